The summed E-state index contributed by atoms with van der Waals surface area (Å²) in [6.45, 7) is 8.48. The number of esters is 1. The standard InChI is InChI=1S/C18H22O2/c1-13(2)16-9-7-15(8-10-16)12-20-18(19)17-6-4-5-14(3)11-17/h4-7,11,16H,1,8-10,12H2,2-3H3/t16-/m1/s1. The summed E-state index contributed by atoms with van der Waals surface area (Å²) in [5, 5.41) is 0. The molecule has 0 spiro atoms. The average Bonchev–Trinajstić information content (AvgIpc) is 2.45. The SMILES string of the molecule is C=C(C)[C@@H]1CC=C(COC(=O)c2cccc(C)c2)CC1. The predicted octanol–water partition coefficient (Wildman–Crippen LogP) is 4.45. The molecule has 0 unspecified atom stereocenters. The Kier molecular flexibility index (Phi) is 4.78. The van der Waals surface area contributed by atoms with Crippen LogP contribution in [0.1, 0.15) is 42.1 Å². The Morgan fingerprint density at radius 1 is 1.45 bits per heavy atom. The normalized spacial score (nSPS) is 18.3. The first kappa shape index (κ1) is 14.6. The van der Waals surface area contributed by atoms with E-state index in [1.54, 1.807) is 6.07 Å². The van der Waals surface area contributed by atoms with Gasteiger partial charge in [-0.05, 0) is 56.7 Å². The van der Waals surface area contributed by atoms with Crippen LogP contribution in [0.4, 0.5) is 0 Å². The van der Waals surface area contributed by atoms with E-state index in [0.29, 0.717) is 18.1 Å². The summed E-state index contributed by atoms with van der Waals surface area (Å²) in [5.41, 5.74) is 4.17. The summed E-state index contributed by atoms with van der Waals surface area (Å²) in [5.74, 6) is 0.350. The average molecular weight is 270 g/mol. The van der Waals surface area contributed by atoms with Crippen molar-refractivity contribution in [3.63, 3.8) is 0 Å². The number of allylic oxidation sites excluding steroid dienone is 2. The minimum atomic E-state index is -0.239. The van der Waals surface area contributed by atoms with E-state index < -0.39 is 0 Å². The zero-order valence-corrected chi connectivity index (χ0v) is 12.3. The van der Waals surface area contributed by atoms with Crippen LogP contribution >= 0.6 is 0 Å². The second-order valence-electron chi connectivity index (χ2n) is 5.63. The quantitative estimate of drug-likeness (QED) is 0.596. The number of carbonyl (C=O) groups is 1. The Hall–Kier alpha value is -1.83. The fourth-order valence-electron chi connectivity index (χ4n) is 2.48. The molecule has 0 bridgehead atoms. The summed E-state index contributed by atoms with van der Waals surface area (Å²) < 4.78 is 5.39. The number of hydrogen-bond donors (Lipinski definition) is 0. The smallest absolute Gasteiger partial charge is 0.338 e. The van der Waals surface area contributed by atoms with Crippen molar-refractivity contribution in [1.29, 1.82) is 0 Å². The molecule has 1 aromatic carbocycles. The lowest BCUT2D eigenvalue weighted by molar-refractivity contribution is 0.0535. The van der Waals surface area contributed by atoms with Crippen LogP contribution < -0.4 is 0 Å². The van der Waals surface area contributed by atoms with E-state index in [-0.39, 0.29) is 5.97 Å². The number of ether oxygens (including phenoxy) is 1. The second kappa shape index (κ2) is 6.56. The van der Waals surface area contributed by atoms with E-state index in [9.17, 15) is 4.79 Å². The van der Waals surface area contributed by atoms with E-state index in [1.807, 2.05) is 25.1 Å². The van der Waals surface area contributed by atoms with Crippen LogP contribution in [-0.4, -0.2) is 12.6 Å². The maximum Gasteiger partial charge on any atom is 0.338 e. The van der Waals surface area contributed by atoms with Crippen molar-refractivity contribution < 1.29 is 9.53 Å². The molecular weight excluding hydrogens is 248 g/mol. The van der Waals surface area contributed by atoms with Gasteiger partial charge in [-0.15, -0.1) is 0 Å². The maximum absolute atomic E-state index is 11.9. The van der Waals surface area contributed by atoms with Crippen LogP contribution in [0.3, 0.4) is 0 Å². The molecule has 1 atom stereocenters. The fraction of sp³-hybridized carbons (Fsp3) is 0.389. The summed E-state index contributed by atoms with van der Waals surface area (Å²) in [6.07, 6.45) is 5.33. The highest BCUT2D eigenvalue weighted by Crippen LogP contribution is 2.28. The molecule has 1 aromatic rings. The Balaban J connectivity index is 1.87. The van der Waals surface area contributed by atoms with E-state index in [0.717, 1.165) is 24.8 Å². The number of carbonyl (C=O) groups excluding carboxylic acids is 1. The molecule has 0 radical (unpaired) electrons. The third kappa shape index (κ3) is 3.83. The molecule has 2 rings (SSSR count). The van der Waals surface area contributed by atoms with E-state index in [4.69, 9.17) is 4.74 Å². The minimum absolute atomic E-state index is 0.239. The molecule has 20 heavy (non-hydrogen) atoms. The van der Waals surface area contributed by atoms with Crippen LogP contribution in [0.2, 0.25) is 0 Å². The van der Waals surface area contributed by atoms with Gasteiger partial charge in [0, 0.05) is 0 Å². The van der Waals surface area contributed by atoms with Gasteiger partial charge < -0.3 is 4.74 Å². The van der Waals surface area contributed by atoms with Crippen molar-refractivity contribution in [2.75, 3.05) is 6.61 Å². The van der Waals surface area contributed by atoms with E-state index in [1.165, 1.54) is 11.1 Å². The number of aryl methyl sites for hydroxylation is 1. The van der Waals surface area contributed by atoms with Crippen LogP contribution in [-0.2, 0) is 4.74 Å². The Labute approximate surface area is 121 Å². The van der Waals surface area contributed by atoms with Gasteiger partial charge in [0.2, 0.25) is 0 Å². The zero-order valence-electron chi connectivity index (χ0n) is 12.3. The predicted molar refractivity (Wildman–Crippen MR) is 81.7 cm³/mol. The van der Waals surface area contributed by atoms with Gasteiger partial charge in [0.15, 0.2) is 0 Å². The lowest BCUT2D eigenvalue weighted by Gasteiger charge is -2.22. The van der Waals surface area contributed by atoms with Crippen molar-refractivity contribution >= 4 is 5.97 Å². The van der Waals surface area contributed by atoms with Gasteiger partial charge in [0.05, 0.1) is 5.56 Å². The van der Waals surface area contributed by atoms with Crippen molar-refractivity contribution in [2.45, 2.75) is 33.1 Å². The zero-order chi connectivity index (χ0) is 14.5. The van der Waals surface area contributed by atoms with E-state index >= 15 is 0 Å². The number of benzene rings is 1. The molecule has 0 saturated carbocycles. The van der Waals surface area contributed by atoms with Gasteiger partial charge in [0.25, 0.3) is 0 Å². The molecule has 0 N–H and O–H groups in total. The highest BCUT2D eigenvalue weighted by atomic mass is 16.5. The molecule has 0 aliphatic heterocycles. The Morgan fingerprint density at radius 3 is 2.85 bits per heavy atom. The molecule has 1 aliphatic rings. The summed E-state index contributed by atoms with van der Waals surface area (Å²) in [7, 11) is 0. The molecule has 0 saturated heterocycles. The molecule has 2 nitrogen and oxygen atoms in total. The molecule has 0 aromatic heterocycles. The maximum atomic E-state index is 11.9. The minimum Gasteiger partial charge on any atom is -0.458 e. The van der Waals surface area contributed by atoms with Gasteiger partial charge in [-0.25, -0.2) is 4.79 Å². The number of hydrogen-bond acceptors (Lipinski definition) is 2. The van der Waals surface area contributed by atoms with Crippen molar-refractivity contribution in [3.05, 3.63) is 59.2 Å². The van der Waals surface area contributed by atoms with Crippen molar-refractivity contribution in [3.8, 4) is 0 Å². The van der Waals surface area contributed by atoms with Crippen LogP contribution in [0.25, 0.3) is 0 Å². The molecule has 0 heterocycles. The van der Waals surface area contributed by atoms with Crippen molar-refractivity contribution in [1.82, 2.24) is 0 Å². The summed E-state index contributed by atoms with van der Waals surface area (Å²) in [6, 6.07) is 7.50. The van der Waals surface area contributed by atoms with Gasteiger partial charge in [0.1, 0.15) is 6.61 Å². The van der Waals surface area contributed by atoms with Crippen molar-refractivity contribution in [2.24, 2.45) is 5.92 Å². The highest BCUT2D eigenvalue weighted by Gasteiger charge is 2.16. The van der Waals surface area contributed by atoms with Gasteiger partial charge in [-0.1, -0.05) is 35.9 Å². The fourth-order valence-corrected chi connectivity index (χ4v) is 2.48. The first-order valence-corrected chi connectivity index (χ1v) is 7.13. The molecular formula is C18H22O2. The molecule has 0 fully saturated rings. The van der Waals surface area contributed by atoms with Gasteiger partial charge >= 0.3 is 5.97 Å². The molecule has 0 amide bonds. The first-order chi connectivity index (χ1) is 9.56. The summed E-state index contributed by atoms with van der Waals surface area (Å²) in [4.78, 5) is 11.9. The van der Waals surface area contributed by atoms with Crippen LogP contribution in [0, 0.1) is 12.8 Å². The lowest BCUT2D eigenvalue weighted by Crippen LogP contribution is -2.12. The van der Waals surface area contributed by atoms with Crippen LogP contribution in [0.15, 0.2) is 48.1 Å². The lowest BCUT2D eigenvalue weighted by atomic mass is 9.86. The molecule has 1 aliphatic carbocycles. The third-order valence-electron chi connectivity index (χ3n) is 3.84. The molecule has 106 valence electrons. The first-order valence-electron chi connectivity index (χ1n) is 7.13. The second-order valence-corrected chi connectivity index (χ2v) is 5.63. The van der Waals surface area contributed by atoms with Crippen LogP contribution in [0.5, 0.6) is 0 Å². The Bertz CT molecular complexity index is 540. The summed E-state index contributed by atoms with van der Waals surface area (Å²) >= 11 is 0. The van der Waals surface area contributed by atoms with Gasteiger partial charge in [-0.3, -0.25) is 0 Å². The monoisotopic (exact) mass is 270 g/mol. The van der Waals surface area contributed by atoms with Gasteiger partial charge in [-0.2, -0.15) is 0 Å². The third-order valence-corrected chi connectivity index (χ3v) is 3.84. The molecule has 2 heteroatoms. The Morgan fingerprint density at radius 2 is 2.25 bits per heavy atom. The van der Waals surface area contributed by atoms with E-state index in [2.05, 4.69) is 19.6 Å². The highest BCUT2D eigenvalue weighted by molar-refractivity contribution is 5.89. The number of rotatable bonds is 4. The topological polar surface area (TPSA) is 26.3 Å². The largest absolute Gasteiger partial charge is 0.458 e.